The maximum atomic E-state index is 11.1. The first-order valence-electron chi connectivity index (χ1n) is 6.13. The third-order valence-electron chi connectivity index (χ3n) is 2.60. The minimum atomic E-state index is -0.136. The molecule has 0 aliphatic carbocycles. The van der Waals surface area contributed by atoms with Gasteiger partial charge < -0.3 is 15.4 Å². The molecule has 20 heavy (non-hydrogen) atoms. The van der Waals surface area contributed by atoms with E-state index < -0.39 is 0 Å². The largest absolute Gasteiger partial charge is 0.494 e. The van der Waals surface area contributed by atoms with Gasteiger partial charge in [-0.25, -0.2) is 0 Å². The molecule has 0 unspecified atom stereocenters. The molecule has 6 nitrogen and oxygen atoms in total. The van der Waals surface area contributed by atoms with Crippen LogP contribution in [-0.4, -0.2) is 23.0 Å². The van der Waals surface area contributed by atoms with Gasteiger partial charge in [0.1, 0.15) is 5.75 Å². The van der Waals surface area contributed by atoms with Crippen LogP contribution in [-0.2, 0) is 11.3 Å². The van der Waals surface area contributed by atoms with Crippen molar-refractivity contribution in [1.29, 1.82) is 0 Å². The summed E-state index contributed by atoms with van der Waals surface area (Å²) in [5.74, 6) is 0.466. The van der Waals surface area contributed by atoms with Crippen molar-refractivity contribution in [2.24, 2.45) is 0 Å². The van der Waals surface area contributed by atoms with Gasteiger partial charge >= 0.3 is 0 Å². The van der Waals surface area contributed by atoms with Crippen LogP contribution in [0.15, 0.2) is 36.8 Å². The number of anilines is 2. The number of carbonyl (C=O) groups is 1. The first-order valence-corrected chi connectivity index (χ1v) is 6.13. The van der Waals surface area contributed by atoms with E-state index in [0.717, 1.165) is 11.4 Å². The summed E-state index contributed by atoms with van der Waals surface area (Å²) < 4.78 is 5.26. The summed E-state index contributed by atoms with van der Waals surface area (Å²) in [4.78, 5) is 19.3. The second kappa shape index (κ2) is 6.51. The lowest BCUT2D eigenvalue weighted by Gasteiger charge is -2.12. The molecule has 0 fully saturated rings. The second-order valence-corrected chi connectivity index (χ2v) is 4.15. The zero-order chi connectivity index (χ0) is 14.4. The first-order chi connectivity index (χ1) is 9.69. The number of methoxy groups -OCH3 is 1. The lowest BCUT2D eigenvalue weighted by Crippen LogP contribution is -2.08. The number of benzene rings is 1. The number of rotatable bonds is 5. The minimum absolute atomic E-state index is 0.136. The van der Waals surface area contributed by atoms with E-state index in [1.807, 2.05) is 12.1 Å². The van der Waals surface area contributed by atoms with Gasteiger partial charge in [-0.05, 0) is 12.1 Å². The summed E-state index contributed by atoms with van der Waals surface area (Å²) in [5, 5.41) is 5.93. The van der Waals surface area contributed by atoms with Gasteiger partial charge in [-0.1, -0.05) is 0 Å². The van der Waals surface area contributed by atoms with Crippen LogP contribution < -0.4 is 15.4 Å². The van der Waals surface area contributed by atoms with E-state index in [-0.39, 0.29) is 5.91 Å². The molecule has 0 saturated carbocycles. The van der Waals surface area contributed by atoms with Crippen molar-refractivity contribution in [3.8, 4) is 5.75 Å². The van der Waals surface area contributed by atoms with Gasteiger partial charge in [0.2, 0.25) is 5.91 Å². The molecule has 6 heteroatoms. The summed E-state index contributed by atoms with van der Waals surface area (Å²) >= 11 is 0. The Morgan fingerprint density at radius 1 is 1.35 bits per heavy atom. The maximum absolute atomic E-state index is 11.1. The van der Waals surface area contributed by atoms with Crippen molar-refractivity contribution in [2.75, 3.05) is 17.7 Å². The highest BCUT2D eigenvalue weighted by molar-refractivity contribution is 5.90. The summed E-state index contributed by atoms with van der Waals surface area (Å²) in [6.07, 6.45) is 4.99. The quantitative estimate of drug-likeness (QED) is 0.871. The normalized spacial score (nSPS) is 9.90. The van der Waals surface area contributed by atoms with E-state index >= 15 is 0 Å². The number of nitrogens with zero attached hydrogens (tertiary/aromatic N) is 2. The fraction of sp³-hybridized carbons (Fsp3) is 0.214. The minimum Gasteiger partial charge on any atom is -0.494 e. The summed E-state index contributed by atoms with van der Waals surface area (Å²) in [6, 6.07) is 5.48. The van der Waals surface area contributed by atoms with Crippen molar-refractivity contribution in [1.82, 2.24) is 9.97 Å². The van der Waals surface area contributed by atoms with Crippen LogP contribution in [0.25, 0.3) is 0 Å². The van der Waals surface area contributed by atoms with E-state index in [9.17, 15) is 4.79 Å². The van der Waals surface area contributed by atoms with Gasteiger partial charge in [0, 0.05) is 31.1 Å². The fourth-order valence-electron chi connectivity index (χ4n) is 1.71. The standard InChI is InChI=1S/C14H16N4O2/c1-10(19)18-13-4-3-11(7-14(13)20-2)17-9-12-8-15-5-6-16-12/h3-8,17H,9H2,1-2H3,(H,18,19). The topological polar surface area (TPSA) is 76.1 Å². The molecule has 2 N–H and O–H groups in total. The average molecular weight is 272 g/mol. The monoisotopic (exact) mass is 272 g/mol. The van der Waals surface area contributed by atoms with E-state index in [1.165, 1.54) is 6.92 Å². The molecule has 2 aromatic rings. The predicted molar refractivity (Wildman–Crippen MR) is 76.7 cm³/mol. The number of hydrogen-bond acceptors (Lipinski definition) is 5. The second-order valence-electron chi connectivity index (χ2n) is 4.15. The van der Waals surface area contributed by atoms with E-state index in [1.54, 1.807) is 31.8 Å². The number of aromatic nitrogens is 2. The molecule has 0 bridgehead atoms. The van der Waals surface area contributed by atoms with Gasteiger partial charge in [-0.2, -0.15) is 0 Å². The number of amides is 1. The molecule has 0 radical (unpaired) electrons. The molecule has 104 valence electrons. The highest BCUT2D eigenvalue weighted by Crippen LogP contribution is 2.28. The lowest BCUT2D eigenvalue weighted by atomic mass is 10.2. The van der Waals surface area contributed by atoms with Crippen molar-refractivity contribution in [3.63, 3.8) is 0 Å². The molecule has 1 aromatic carbocycles. The van der Waals surface area contributed by atoms with Gasteiger partial charge in [0.15, 0.2) is 0 Å². The van der Waals surface area contributed by atoms with Crippen LogP contribution in [0, 0.1) is 0 Å². The molecule has 2 rings (SSSR count). The SMILES string of the molecule is COc1cc(NCc2cnccn2)ccc1NC(C)=O. The van der Waals surface area contributed by atoms with Crippen LogP contribution in [0.5, 0.6) is 5.75 Å². The van der Waals surface area contributed by atoms with Crippen LogP contribution in [0.3, 0.4) is 0 Å². The number of hydrogen-bond donors (Lipinski definition) is 2. The number of nitrogens with one attached hydrogen (secondary N) is 2. The van der Waals surface area contributed by atoms with Gasteiger partial charge in [-0.15, -0.1) is 0 Å². The number of carbonyl (C=O) groups excluding carboxylic acids is 1. The fourth-order valence-corrected chi connectivity index (χ4v) is 1.71. The predicted octanol–water partition coefficient (Wildman–Crippen LogP) is 2.06. The molecular formula is C14H16N4O2. The Morgan fingerprint density at radius 3 is 2.85 bits per heavy atom. The molecule has 1 amide bonds. The third-order valence-corrected chi connectivity index (χ3v) is 2.60. The Bertz CT molecular complexity index is 587. The van der Waals surface area contributed by atoms with E-state index in [0.29, 0.717) is 18.0 Å². The van der Waals surface area contributed by atoms with Crippen molar-refractivity contribution in [2.45, 2.75) is 13.5 Å². The average Bonchev–Trinajstić information content (AvgIpc) is 2.46. The Labute approximate surface area is 117 Å². The lowest BCUT2D eigenvalue weighted by molar-refractivity contribution is -0.114. The molecular weight excluding hydrogens is 256 g/mol. The zero-order valence-corrected chi connectivity index (χ0v) is 11.4. The van der Waals surface area contributed by atoms with Crippen LogP contribution >= 0.6 is 0 Å². The Kier molecular flexibility index (Phi) is 4.49. The summed E-state index contributed by atoms with van der Waals surface area (Å²) in [6.45, 7) is 2.02. The van der Waals surface area contributed by atoms with E-state index in [4.69, 9.17) is 4.74 Å². The Morgan fingerprint density at radius 2 is 2.20 bits per heavy atom. The molecule has 0 spiro atoms. The molecule has 0 aliphatic rings. The van der Waals surface area contributed by atoms with Crippen molar-refractivity contribution >= 4 is 17.3 Å². The van der Waals surface area contributed by atoms with Gasteiger partial charge in [-0.3, -0.25) is 14.8 Å². The Balaban J connectivity index is 2.07. The van der Waals surface area contributed by atoms with Crippen molar-refractivity contribution in [3.05, 3.63) is 42.5 Å². The van der Waals surface area contributed by atoms with Gasteiger partial charge in [0.25, 0.3) is 0 Å². The maximum Gasteiger partial charge on any atom is 0.221 e. The molecule has 0 saturated heterocycles. The van der Waals surface area contributed by atoms with E-state index in [2.05, 4.69) is 20.6 Å². The zero-order valence-electron chi connectivity index (χ0n) is 11.4. The molecule has 0 atom stereocenters. The highest BCUT2D eigenvalue weighted by atomic mass is 16.5. The van der Waals surface area contributed by atoms with Crippen LogP contribution in [0.4, 0.5) is 11.4 Å². The third kappa shape index (κ3) is 3.68. The smallest absolute Gasteiger partial charge is 0.221 e. The molecule has 1 aromatic heterocycles. The Hall–Kier alpha value is -2.63. The molecule has 0 aliphatic heterocycles. The summed E-state index contributed by atoms with van der Waals surface area (Å²) in [7, 11) is 1.56. The summed E-state index contributed by atoms with van der Waals surface area (Å²) in [5.41, 5.74) is 2.36. The van der Waals surface area contributed by atoms with Gasteiger partial charge in [0.05, 0.1) is 31.2 Å². The first kappa shape index (κ1) is 13.8. The highest BCUT2D eigenvalue weighted by Gasteiger charge is 2.06. The van der Waals surface area contributed by atoms with Crippen molar-refractivity contribution < 1.29 is 9.53 Å². The molecule has 1 heterocycles. The van der Waals surface area contributed by atoms with Crippen LogP contribution in [0.2, 0.25) is 0 Å². The number of ether oxygens (including phenoxy) is 1. The van der Waals surface area contributed by atoms with Crippen LogP contribution in [0.1, 0.15) is 12.6 Å².